The monoisotopic (exact) mass is 334 g/mol. The van der Waals surface area contributed by atoms with Gasteiger partial charge in [-0.2, -0.15) is 0 Å². The number of amides is 1. The van der Waals surface area contributed by atoms with Crippen LogP contribution in [0.4, 0.5) is 5.69 Å². The summed E-state index contributed by atoms with van der Waals surface area (Å²) in [6.45, 7) is 1.64. The van der Waals surface area contributed by atoms with Crippen molar-refractivity contribution in [3.8, 4) is 0 Å². The Labute approximate surface area is 132 Å². The molecule has 2 aromatic rings. The third-order valence-corrected chi connectivity index (χ3v) is 4.53. The van der Waals surface area contributed by atoms with Crippen LogP contribution in [0, 0.1) is 6.92 Å². The van der Waals surface area contributed by atoms with E-state index in [9.17, 15) is 18.0 Å². The molecule has 0 heterocycles. The molecule has 0 bridgehead atoms. The number of hydrogen-bond acceptors (Lipinski definition) is 4. The van der Waals surface area contributed by atoms with Crippen molar-refractivity contribution in [1.29, 1.82) is 0 Å². The number of carbonyl (C=O) groups excluding carboxylic acids is 1. The molecule has 0 aromatic heterocycles. The number of carboxylic acid groups (broad SMARTS) is 1. The molecule has 2 rings (SSSR count). The molecule has 0 aliphatic carbocycles. The van der Waals surface area contributed by atoms with Crippen molar-refractivity contribution in [3.05, 3.63) is 59.2 Å². The lowest BCUT2D eigenvalue weighted by atomic mass is 10.1. The number of anilines is 1. The van der Waals surface area contributed by atoms with Gasteiger partial charge in [-0.05, 0) is 42.8 Å². The van der Waals surface area contributed by atoms with Gasteiger partial charge in [0.05, 0.1) is 10.5 Å². The summed E-state index contributed by atoms with van der Waals surface area (Å²) < 4.78 is 27.0. The Morgan fingerprint density at radius 1 is 1.13 bits per heavy atom. The maximum absolute atomic E-state index is 12.4. The first-order chi connectivity index (χ1) is 10.7. The molecule has 0 aliphatic heterocycles. The van der Waals surface area contributed by atoms with Crippen molar-refractivity contribution in [2.75, 3.05) is 4.72 Å². The summed E-state index contributed by atoms with van der Waals surface area (Å²) in [6, 6.07) is 9.38. The second kappa shape index (κ2) is 6.09. The van der Waals surface area contributed by atoms with Gasteiger partial charge in [0.15, 0.2) is 0 Å². The summed E-state index contributed by atoms with van der Waals surface area (Å²) in [7, 11) is -3.98. The van der Waals surface area contributed by atoms with Gasteiger partial charge in [0.2, 0.25) is 5.91 Å². The number of rotatable bonds is 5. The van der Waals surface area contributed by atoms with Crippen LogP contribution in [0.5, 0.6) is 0 Å². The predicted molar refractivity (Wildman–Crippen MR) is 83.9 cm³/mol. The van der Waals surface area contributed by atoms with Crippen molar-refractivity contribution in [2.45, 2.75) is 11.8 Å². The zero-order valence-corrected chi connectivity index (χ0v) is 12.9. The fourth-order valence-electron chi connectivity index (χ4n) is 1.96. The molecular formula is C15H14N2O5S. The highest BCUT2D eigenvalue weighted by atomic mass is 32.2. The van der Waals surface area contributed by atoms with Crippen LogP contribution < -0.4 is 10.5 Å². The number of carboxylic acids is 1. The third-order valence-electron chi connectivity index (χ3n) is 3.15. The summed E-state index contributed by atoms with van der Waals surface area (Å²) in [6.07, 6.45) is 0. The molecule has 23 heavy (non-hydrogen) atoms. The van der Waals surface area contributed by atoms with Gasteiger partial charge in [0.25, 0.3) is 10.0 Å². The number of benzene rings is 2. The highest BCUT2D eigenvalue weighted by Crippen LogP contribution is 2.20. The Morgan fingerprint density at radius 3 is 2.43 bits per heavy atom. The molecule has 0 radical (unpaired) electrons. The van der Waals surface area contributed by atoms with E-state index in [-0.39, 0.29) is 21.7 Å². The Bertz CT molecular complexity index is 890. The number of carbonyl (C=O) groups is 2. The lowest BCUT2D eigenvalue weighted by Crippen LogP contribution is -2.17. The van der Waals surface area contributed by atoms with Crippen LogP contribution in [0.2, 0.25) is 0 Å². The first-order valence-corrected chi connectivity index (χ1v) is 7.95. The van der Waals surface area contributed by atoms with Crippen LogP contribution in [0.1, 0.15) is 26.3 Å². The van der Waals surface area contributed by atoms with Gasteiger partial charge in [0, 0.05) is 11.3 Å². The van der Waals surface area contributed by atoms with E-state index in [0.717, 1.165) is 0 Å². The van der Waals surface area contributed by atoms with Gasteiger partial charge in [-0.15, -0.1) is 0 Å². The molecule has 0 fully saturated rings. The standard InChI is InChI=1S/C15H14N2O5S/c1-9-5-6-12(8-13(9)14(16)18)23(21,22)17-11-4-2-3-10(7-11)15(19)20/h2-8,17H,1H3,(H2,16,18)(H,19,20). The molecule has 0 spiro atoms. The number of aryl methyl sites for hydroxylation is 1. The Kier molecular flexibility index (Phi) is 4.37. The molecule has 0 aliphatic rings. The molecule has 7 nitrogen and oxygen atoms in total. The van der Waals surface area contributed by atoms with Crippen LogP contribution >= 0.6 is 0 Å². The predicted octanol–water partition coefficient (Wildman–Crippen LogP) is 1.59. The van der Waals surface area contributed by atoms with E-state index in [1.165, 1.54) is 42.5 Å². The van der Waals surface area contributed by atoms with Gasteiger partial charge >= 0.3 is 5.97 Å². The van der Waals surface area contributed by atoms with Crippen LogP contribution in [0.3, 0.4) is 0 Å². The highest BCUT2D eigenvalue weighted by Gasteiger charge is 2.17. The maximum atomic E-state index is 12.4. The quantitative estimate of drug-likeness (QED) is 0.765. The van der Waals surface area contributed by atoms with Gasteiger partial charge in [0.1, 0.15) is 0 Å². The molecule has 4 N–H and O–H groups in total. The van der Waals surface area contributed by atoms with E-state index >= 15 is 0 Å². The SMILES string of the molecule is Cc1ccc(S(=O)(=O)Nc2cccc(C(=O)O)c2)cc1C(N)=O. The minimum Gasteiger partial charge on any atom is -0.478 e. The van der Waals surface area contributed by atoms with Crippen molar-refractivity contribution in [2.24, 2.45) is 5.73 Å². The molecule has 8 heteroatoms. The fraction of sp³-hybridized carbons (Fsp3) is 0.0667. The molecule has 0 unspecified atom stereocenters. The molecule has 1 amide bonds. The van der Waals surface area contributed by atoms with Crippen molar-refractivity contribution >= 4 is 27.6 Å². The zero-order valence-electron chi connectivity index (χ0n) is 12.1. The van der Waals surface area contributed by atoms with Crippen molar-refractivity contribution in [1.82, 2.24) is 0 Å². The Balaban J connectivity index is 2.40. The largest absolute Gasteiger partial charge is 0.478 e. The topological polar surface area (TPSA) is 127 Å². The lowest BCUT2D eigenvalue weighted by molar-refractivity contribution is 0.0696. The zero-order chi connectivity index (χ0) is 17.2. The van der Waals surface area contributed by atoms with E-state index in [0.29, 0.717) is 5.56 Å². The normalized spacial score (nSPS) is 11.0. The Morgan fingerprint density at radius 2 is 1.83 bits per heavy atom. The Hall–Kier alpha value is -2.87. The van der Waals surface area contributed by atoms with E-state index in [2.05, 4.69) is 4.72 Å². The lowest BCUT2D eigenvalue weighted by Gasteiger charge is -2.10. The van der Waals surface area contributed by atoms with E-state index in [1.807, 2.05) is 0 Å². The molecule has 0 saturated heterocycles. The number of nitrogens with one attached hydrogen (secondary N) is 1. The van der Waals surface area contributed by atoms with Gasteiger partial charge in [-0.25, -0.2) is 13.2 Å². The average molecular weight is 334 g/mol. The molecule has 0 saturated carbocycles. The van der Waals surface area contributed by atoms with Crippen LogP contribution in [0.15, 0.2) is 47.4 Å². The van der Waals surface area contributed by atoms with Gasteiger partial charge in [-0.3, -0.25) is 9.52 Å². The summed E-state index contributed by atoms with van der Waals surface area (Å²) in [5.74, 6) is -1.90. The fourth-order valence-corrected chi connectivity index (χ4v) is 3.04. The first-order valence-electron chi connectivity index (χ1n) is 6.47. The highest BCUT2D eigenvalue weighted by molar-refractivity contribution is 7.92. The second-order valence-electron chi connectivity index (χ2n) is 4.83. The van der Waals surface area contributed by atoms with E-state index < -0.39 is 21.9 Å². The molecule has 0 atom stereocenters. The number of primary amides is 1. The van der Waals surface area contributed by atoms with Crippen molar-refractivity contribution < 1.29 is 23.1 Å². The van der Waals surface area contributed by atoms with Crippen LogP contribution in [0.25, 0.3) is 0 Å². The summed E-state index contributed by atoms with van der Waals surface area (Å²) in [5.41, 5.74) is 5.93. The summed E-state index contributed by atoms with van der Waals surface area (Å²) >= 11 is 0. The van der Waals surface area contributed by atoms with E-state index in [4.69, 9.17) is 10.8 Å². The third kappa shape index (κ3) is 3.67. The minimum atomic E-state index is -3.98. The van der Waals surface area contributed by atoms with Crippen molar-refractivity contribution in [3.63, 3.8) is 0 Å². The minimum absolute atomic E-state index is 0.0491. The van der Waals surface area contributed by atoms with Crippen LogP contribution in [-0.2, 0) is 10.0 Å². The summed E-state index contributed by atoms with van der Waals surface area (Å²) in [4.78, 5) is 22.1. The molecule has 2 aromatic carbocycles. The number of hydrogen-bond donors (Lipinski definition) is 3. The number of aromatic carboxylic acids is 1. The second-order valence-corrected chi connectivity index (χ2v) is 6.51. The maximum Gasteiger partial charge on any atom is 0.335 e. The number of sulfonamides is 1. The smallest absolute Gasteiger partial charge is 0.335 e. The first kappa shape index (κ1) is 16.5. The summed E-state index contributed by atoms with van der Waals surface area (Å²) in [5, 5.41) is 8.92. The average Bonchev–Trinajstić information content (AvgIpc) is 2.46. The van der Waals surface area contributed by atoms with Gasteiger partial charge in [-0.1, -0.05) is 12.1 Å². The van der Waals surface area contributed by atoms with E-state index in [1.54, 1.807) is 6.92 Å². The van der Waals surface area contributed by atoms with Gasteiger partial charge < -0.3 is 10.8 Å². The molecular weight excluding hydrogens is 320 g/mol. The van der Waals surface area contributed by atoms with Crippen LogP contribution in [-0.4, -0.2) is 25.4 Å². The number of nitrogens with two attached hydrogens (primary N) is 1. The molecule has 120 valence electrons.